The second kappa shape index (κ2) is 6.64. The van der Waals surface area contributed by atoms with Gasteiger partial charge in [0.2, 0.25) is 11.6 Å². The van der Waals surface area contributed by atoms with Crippen molar-refractivity contribution in [3.05, 3.63) is 72.4 Å². The fourth-order valence-electron chi connectivity index (χ4n) is 2.44. The highest BCUT2D eigenvalue weighted by atomic mass is 16.5. The molecule has 0 spiro atoms. The molecule has 0 saturated heterocycles. The number of aromatic nitrogens is 3. The Kier molecular flexibility index (Phi) is 4.03. The molecule has 1 N–H and O–H groups in total. The summed E-state index contributed by atoms with van der Waals surface area (Å²) in [6.07, 6.45) is 2.55. The molecule has 2 heterocycles. The molecule has 2 aromatic heterocycles. The van der Waals surface area contributed by atoms with Gasteiger partial charge in [-0.3, -0.25) is 4.79 Å². The number of carbonyl (C=O) groups is 1. The Morgan fingerprint density at radius 1 is 1.08 bits per heavy atom. The molecule has 7 heteroatoms. The van der Waals surface area contributed by atoms with Gasteiger partial charge in [-0.25, -0.2) is 4.98 Å². The maximum Gasteiger partial charge on any atom is 0.293 e. The van der Waals surface area contributed by atoms with E-state index in [9.17, 15) is 4.79 Å². The minimum Gasteiger partial charge on any atom is -0.438 e. The van der Waals surface area contributed by atoms with Crippen LogP contribution in [0.25, 0.3) is 22.8 Å². The maximum absolute atomic E-state index is 12.2. The highest BCUT2D eigenvalue weighted by Gasteiger charge is 2.17. The minimum atomic E-state index is -0.409. The van der Waals surface area contributed by atoms with Crippen molar-refractivity contribution in [1.82, 2.24) is 15.1 Å². The van der Waals surface area contributed by atoms with Crippen molar-refractivity contribution >= 4 is 11.6 Å². The van der Waals surface area contributed by atoms with Gasteiger partial charge in [0.05, 0.1) is 17.4 Å². The second-order valence-electron chi connectivity index (χ2n) is 5.65. The number of hydrogen-bond donors (Lipinski definition) is 1. The molecule has 4 rings (SSSR count). The van der Waals surface area contributed by atoms with Gasteiger partial charge in [0.25, 0.3) is 11.8 Å². The normalized spacial score (nSPS) is 10.7. The molecule has 2 aromatic carbocycles. The predicted octanol–water partition coefficient (Wildman–Crippen LogP) is 3.95. The Morgan fingerprint density at radius 2 is 1.88 bits per heavy atom. The lowest BCUT2D eigenvalue weighted by Crippen LogP contribution is -2.11. The molecular formula is C19H14N4O3. The zero-order valence-electron chi connectivity index (χ0n) is 13.8. The number of benzene rings is 2. The first-order valence-electron chi connectivity index (χ1n) is 7.91. The molecule has 0 aliphatic heterocycles. The molecule has 0 bridgehead atoms. The second-order valence-corrected chi connectivity index (χ2v) is 5.65. The van der Waals surface area contributed by atoms with E-state index in [1.54, 1.807) is 18.2 Å². The van der Waals surface area contributed by atoms with Crippen LogP contribution in [-0.4, -0.2) is 21.0 Å². The first kappa shape index (κ1) is 15.8. The lowest BCUT2D eigenvalue weighted by Gasteiger charge is -2.06. The Hall–Kier alpha value is -3.74. The quantitative estimate of drug-likeness (QED) is 0.601. The number of aryl methyl sites for hydroxylation is 1. The SMILES string of the molecule is Cc1ccc(-c2noc(-c3ccccc3NC(=O)c3cnco3)n2)cc1. The first-order valence-corrected chi connectivity index (χ1v) is 7.91. The van der Waals surface area contributed by atoms with Gasteiger partial charge in [0.1, 0.15) is 0 Å². The molecule has 4 aromatic rings. The van der Waals surface area contributed by atoms with E-state index in [1.807, 2.05) is 37.3 Å². The summed E-state index contributed by atoms with van der Waals surface area (Å²) in [6, 6.07) is 15.0. The fraction of sp³-hybridized carbons (Fsp3) is 0.0526. The maximum atomic E-state index is 12.2. The number of amides is 1. The van der Waals surface area contributed by atoms with Gasteiger partial charge >= 0.3 is 0 Å². The van der Waals surface area contributed by atoms with Gasteiger partial charge in [0.15, 0.2) is 6.39 Å². The summed E-state index contributed by atoms with van der Waals surface area (Å²) in [5.74, 6) is 0.504. The van der Waals surface area contributed by atoms with E-state index >= 15 is 0 Å². The van der Waals surface area contributed by atoms with E-state index < -0.39 is 5.91 Å². The number of rotatable bonds is 4. The van der Waals surface area contributed by atoms with Crippen LogP contribution in [-0.2, 0) is 0 Å². The van der Waals surface area contributed by atoms with Crippen LogP contribution in [0.5, 0.6) is 0 Å². The van der Waals surface area contributed by atoms with Gasteiger partial charge in [-0.05, 0) is 19.1 Å². The molecule has 0 fully saturated rings. The summed E-state index contributed by atoms with van der Waals surface area (Å²) in [4.78, 5) is 20.4. The third-order valence-corrected chi connectivity index (χ3v) is 3.80. The van der Waals surface area contributed by atoms with Crippen LogP contribution in [0.3, 0.4) is 0 Å². The van der Waals surface area contributed by atoms with Gasteiger partial charge in [-0.2, -0.15) is 4.98 Å². The topological polar surface area (TPSA) is 94.1 Å². The van der Waals surface area contributed by atoms with E-state index in [0.29, 0.717) is 23.0 Å². The van der Waals surface area contributed by atoms with Crippen LogP contribution in [0, 0.1) is 6.92 Å². The summed E-state index contributed by atoms with van der Waals surface area (Å²) in [6.45, 7) is 2.01. The van der Waals surface area contributed by atoms with Gasteiger partial charge in [-0.1, -0.05) is 47.1 Å². The third kappa shape index (κ3) is 3.10. The molecule has 0 aliphatic carbocycles. The Balaban J connectivity index is 1.64. The Morgan fingerprint density at radius 3 is 2.65 bits per heavy atom. The molecule has 0 atom stereocenters. The number of oxazole rings is 1. The van der Waals surface area contributed by atoms with Crippen molar-refractivity contribution in [2.45, 2.75) is 6.92 Å². The highest BCUT2D eigenvalue weighted by molar-refractivity contribution is 6.04. The zero-order valence-corrected chi connectivity index (χ0v) is 13.8. The van der Waals surface area contributed by atoms with E-state index in [2.05, 4.69) is 20.4 Å². The van der Waals surface area contributed by atoms with Gasteiger partial charge in [-0.15, -0.1) is 0 Å². The Labute approximate surface area is 148 Å². The minimum absolute atomic E-state index is 0.116. The van der Waals surface area contributed by atoms with Gasteiger partial charge in [0, 0.05) is 5.56 Å². The van der Waals surface area contributed by atoms with Crippen LogP contribution in [0.15, 0.2) is 70.1 Å². The van der Waals surface area contributed by atoms with Crippen molar-refractivity contribution in [2.75, 3.05) is 5.32 Å². The van der Waals surface area contributed by atoms with E-state index in [4.69, 9.17) is 8.94 Å². The molecule has 0 saturated carbocycles. The summed E-state index contributed by atoms with van der Waals surface area (Å²) in [5.41, 5.74) is 3.16. The largest absolute Gasteiger partial charge is 0.438 e. The van der Waals surface area contributed by atoms with Crippen LogP contribution in [0.4, 0.5) is 5.69 Å². The number of para-hydroxylation sites is 1. The van der Waals surface area contributed by atoms with Gasteiger partial charge < -0.3 is 14.3 Å². The average Bonchev–Trinajstić information content (AvgIpc) is 3.35. The smallest absolute Gasteiger partial charge is 0.293 e. The summed E-state index contributed by atoms with van der Waals surface area (Å²) in [5, 5.41) is 6.80. The summed E-state index contributed by atoms with van der Waals surface area (Å²) in [7, 11) is 0. The fourth-order valence-corrected chi connectivity index (χ4v) is 2.44. The van der Waals surface area contributed by atoms with Crippen molar-refractivity contribution < 1.29 is 13.7 Å². The number of anilines is 1. The first-order chi connectivity index (χ1) is 12.7. The molecule has 128 valence electrons. The zero-order chi connectivity index (χ0) is 17.9. The molecule has 0 aliphatic rings. The molecular weight excluding hydrogens is 332 g/mol. The number of nitrogens with zero attached hydrogens (tertiary/aromatic N) is 3. The van der Waals surface area contributed by atoms with Crippen LogP contribution in [0.2, 0.25) is 0 Å². The van der Waals surface area contributed by atoms with Crippen molar-refractivity contribution in [1.29, 1.82) is 0 Å². The van der Waals surface area contributed by atoms with Crippen LogP contribution in [0.1, 0.15) is 16.1 Å². The van der Waals surface area contributed by atoms with E-state index in [0.717, 1.165) is 11.1 Å². The lowest BCUT2D eigenvalue weighted by molar-refractivity contribution is 0.0996. The van der Waals surface area contributed by atoms with Crippen LogP contribution < -0.4 is 5.32 Å². The average molecular weight is 346 g/mol. The summed E-state index contributed by atoms with van der Waals surface area (Å²) < 4.78 is 10.4. The third-order valence-electron chi connectivity index (χ3n) is 3.80. The van der Waals surface area contributed by atoms with Crippen molar-refractivity contribution in [3.8, 4) is 22.8 Å². The number of hydrogen-bond acceptors (Lipinski definition) is 6. The molecule has 7 nitrogen and oxygen atoms in total. The van der Waals surface area contributed by atoms with E-state index in [-0.39, 0.29) is 5.76 Å². The lowest BCUT2D eigenvalue weighted by atomic mass is 10.1. The number of nitrogens with one attached hydrogen (secondary N) is 1. The molecule has 26 heavy (non-hydrogen) atoms. The summed E-state index contributed by atoms with van der Waals surface area (Å²) >= 11 is 0. The van der Waals surface area contributed by atoms with Crippen LogP contribution >= 0.6 is 0 Å². The standard InChI is InChI=1S/C19H14N4O3/c1-12-6-8-13(9-7-12)17-22-19(26-23-17)14-4-2-3-5-15(14)21-18(24)16-10-20-11-25-16/h2-11H,1H3,(H,21,24). The van der Waals surface area contributed by atoms with Crippen molar-refractivity contribution in [3.63, 3.8) is 0 Å². The monoisotopic (exact) mass is 346 g/mol. The highest BCUT2D eigenvalue weighted by Crippen LogP contribution is 2.28. The van der Waals surface area contributed by atoms with E-state index in [1.165, 1.54) is 12.6 Å². The molecule has 0 unspecified atom stereocenters. The number of carbonyl (C=O) groups excluding carboxylic acids is 1. The Bertz CT molecular complexity index is 1040. The van der Waals surface area contributed by atoms with Crippen molar-refractivity contribution in [2.24, 2.45) is 0 Å². The molecule has 1 amide bonds. The molecule has 0 radical (unpaired) electrons. The predicted molar refractivity (Wildman–Crippen MR) is 94.4 cm³/mol.